The molecule has 1 aromatic carbocycles. The zero-order chi connectivity index (χ0) is 13.5. The van der Waals surface area contributed by atoms with Crippen molar-refractivity contribution in [1.29, 1.82) is 0 Å². The third-order valence-corrected chi connectivity index (χ3v) is 3.12. The fourth-order valence-corrected chi connectivity index (χ4v) is 2.04. The first-order valence-electron chi connectivity index (χ1n) is 5.69. The van der Waals surface area contributed by atoms with Gasteiger partial charge in [-0.1, -0.05) is 25.1 Å². The van der Waals surface area contributed by atoms with E-state index in [2.05, 4.69) is 34.7 Å². The van der Waals surface area contributed by atoms with Crippen molar-refractivity contribution in [1.82, 2.24) is 5.32 Å². The van der Waals surface area contributed by atoms with Crippen LogP contribution in [-0.4, -0.2) is 19.7 Å². The molecule has 1 aromatic rings. The van der Waals surface area contributed by atoms with Gasteiger partial charge in [-0.05, 0) is 40.5 Å². The van der Waals surface area contributed by atoms with E-state index in [0.717, 1.165) is 18.5 Å². The molecule has 0 aromatic heterocycles. The number of hydrogen-bond donors (Lipinski definition) is 1. The van der Waals surface area contributed by atoms with E-state index in [1.165, 1.54) is 12.1 Å². The smallest absolute Gasteiger partial charge is 0.145 e. The van der Waals surface area contributed by atoms with Crippen LogP contribution >= 0.6 is 27.5 Å². The van der Waals surface area contributed by atoms with Gasteiger partial charge >= 0.3 is 0 Å². The topological polar surface area (TPSA) is 21.3 Å². The van der Waals surface area contributed by atoms with Crippen LogP contribution in [0, 0.1) is 5.82 Å². The molecule has 0 aliphatic rings. The van der Waals surface area contributed by atoms with Gasteiger partial charge in [-0.3, -0.25) is 0 Å². The standard InChI is InChI=1S/C13H16BrClFNO/c1-3-4-17-7-9(2)8-18-13-6-12(16)11(15)5-10(13)14/h5-6,17H,2-4,7-8H2,1H3. The van der Waals surface area contributed by atoms with E-state index >= 15 is 0 Å². The van der Waals surface area contributed by atoms with Crippen LogP contribution in [0.15, 0.2) is 28.8 Å². The molecule has 0 spiro atoms. The first-order valence-corrected chi connectivity index (χ1v) is 6.86. The average Bonchev–Trinajstić information content (AvgIpc) is 2.32. The van der Waals surface area contributed by atoms with E-state index in [9.17, 15) is 4.39 Å². The Hall–Kier alpha value is -0.580. The lowest BCUT2D eigenvalue weighted by Crippen LogP contribution is -2.20. The average molecular weight is 337 g/mol. The first-order chi connectivity index (χ1) is 8.54. The summed E-state index contributed by atoms with van der Waals surface area (Å²) in [4.78, 5) is 0. The lowest BCUT2D eigenvalue weighted by Gasteiger charge is -2.11. The summed E-state index contributed by atoms with van der Waals surface area (Å²) in [5.74, 6) is -0.0712. The molecule has 0 fully saturated rings. The van der Waals surface area contributed by atoms with Gasteiger partial charge in [0.2, 0.25) is 0 Å². The second-order valence-electron chi connectivity index (χ2n) is 3.91. The molecule has 0 atom stereocenters. The number of halogens is 3. The minimum Gasteiger partial charge on any atom is -0.488 e. The predicted octanol–water partition coefficient (Wildman–Crippen LogP) is 4.18. The zero-order valence-electron chi connectivity index (χ0n) is 10.2. The number of ether oxygens (including phenoxy) is 1. The Kier molecular flexibility index (Phi) is 6.68. The summed E-state index contributed by atoms with van der Waals surface area (Å²) >= 11 is 8.92. The number of rotatable bonds is 7. The first kappa shape index (κ1) is 15.5. The van der Waals surface area contributed by atoms with Crippen LogP contribution in [0.2, 0.25) is 5.02 Å². The molecule has 5 heteroatoms. The van der Waals surface area contributed by atoms with Gasteiger partial charge in [0.25, 0.3) is 0 Å². The summed E-state index contributed by atoms with van der Waals surface area (Å²) in [5.41, 5.74) is 0.908. The molecular formula is C13H16BrClFNO. The largest absolute Gasteiger partial charge is 0.488 e. The fourth-order valence-electron chi connectivity index (χ4n) is 1.29. The van der Waals surface area contributed by atoms with E-state index < -0.39 is 5.82 Å². The van der Waals surface area contributed by atoms with E-state index in [4.69, 9.17) is 16.3 Å². The monoisotopic (exact) mass is 335 g/mol. The highest BCUT2D eigenvalue weighted by Gasteiger charge is 2.08. The second kappa shape index (κ2) is 7.77. The summed E-state index contributed by atoms with van der Waals surface area (Å²) in [6.45, 7) is 7.97. The highest BCUT2D eigenvalue weighted by Crippen LogP contribution is 2.30. The van der Waals surface area contributed by atoms with Crippen molar-refractivity contribution >= 4 is 27.5 Å². The maximum Gasteiger partial charge on any atom is 0.145 e. The lowest BCUT2D eigenvalue weighted by atomic mass is 10.3. The quantitative estimate of drug-likeness (QED) is 0.458. The van der Waals surface area contributed by atoms with Crippen molar-refractivity contribution < 1.29 is 9.13 Å². The second-order valence-corrected chi connectivity index (χ2v) is 5.17. The normalized spacial score (nSPS) is 10.4. The number of benzene rings is 1. The molecule has 0 aliphatic heterocycles. The summed E-state index contributed by atoms with van der Waals surface area (Å²) in [6.07, 6.45) is 1.07. The van der Waals surface area contributed by atoms with E-state index in [0.29, 0.717) is 23.4 Å². The van der Waals surface area contributed by atoms with E-state index in [1.807, 2.05) is 0 Å². The van der Waals surface area contributed by atoms with Gasteiger partial charge in [-0.2, -0.15) is 0 Å². The minimum atomic E-state index is -0.496. The summed E-state index contributed by atoms with van der Waals surface area (Å²) in [6, 6.07) is 2.74. The molecule has 0 saturated carbocycles. The van der Waals surface area contributed by atoms with Gasteiger partial charge in [0.1, 0.15) is 18.2 Å². The van der Waals surface area contributed by atoms with Crippen molar-refractivity contribution in [2.45, 2.75) is 13.3 Å². The number of hydrogen-bond acceptors (Lipinski definition) is 2. The molecule has 0 bridgehead atoms. The molecule has 2 nitrogen and oxygen atoms in total. The molecule has 0 unspecified atom stereocenters. The van der Waals surface area contributed by atoms with Gasteiger partial charge in [0.15, 0.2) is 0 Å². The zero-order valence-corrected chi connectivity index (χ0v) is 12.6. The minimum absolute atomic E-state index is 0.0673. The van der Waals surface area contributed by atoms with Crippen LogP contribution < -0.4 is 10.1 Å². The molecule has 100 valence electrons. The summed E-state index contributed by atoms with van der Waals surface area (Å²) < 4.78 is 19.4. The van der Waals surface area contributed by atoms with Gasteiger partial charge in [0, 0.05) is 12.6 Å². The Bertz CT molecular complexity index is 426. The van der Waals surface area contributed by atoms with Crippen molar-refractivity contribution in [3.8, 4) is 5.75 Å². The van der Waals surface area contributed by atoms with Crippen LogP contribution in [0.5, 0.6) is 5.75 Å². The predicted molar refractivity (Wildman–Crippen MR) is 76.9 cm³/mol. The Labute approximate surface area is 120 Å². The Morgan fingerprint density at radius 1 is 1.56 bits per heavy atom. The molecular weight excluding hydrogens is 321 g/mol. The maximum atomic E-state index is 13.3. The van der Waals surface area contributed by atoms with Crippen LogP contribution in [0.3, 0.4) is 0 Å². The molecule has 1 rings (SSSR count). The summed E-state index contributed by atoms with van der Waals surface area (Å²) in [7, 11) is 0. The molecule has 0 radical (unpaired) electrons. The van der Waals surface area contributed by atoms with E-state index in [-0.39, 0.29) is 5.02 Å². The van der Waals surface area contributed by atoms with Crippen molar-refractivity contribution in [2.24, 2.45) is 0 Å². The lowest BCUT2D eigenvalue weighted by molar-refractivity contribution is 0.344. The third kappa shape index (κ3) is 4.96. The van der Waals surface area contributed by atoms with Crippen LogP contribution in [0.25, 0.3) is 0 Å². The SMILES string of the molecule is C=C(CNCCC)COc1cc(F)c(Cl)cc1Br. The molecule has 0 saturated heterocycles. The van der Waals surface area contributed by atoms with E-state index in [1.54, 1.807) is 0 Å². The highest BCUT2D eigenvalue weighted by atomic mass is 79.9. The van der Waals surface area contributed by atoms with Crippen LogP contribution in [0.1, 0.15) is 13.3 Å². The van der Waals surface area contributed by atoms with Crippen molar-refractivity contribution in [3.63, 3.8) is 0 Å². The summed E-state index contributed by atoms with van der Waals surface area (Å²) in [5, 5.41) is 3.29. The maximum absolute atomic E-state index is 13.3. The van der Waals surface area contributed by atoms with Gasteiger partial charge in [-0.25, -0.2) is 4.39 Å². The Morgan fingerprint density at radius 3 is 2.94 bits per heavy atom. The van der Waals surface area contributed by atoms with Crippen molar-refractivity contribution in [2.75, 3.05) is 19.7 Å². The molecule has 1 N–H and O–H groups in total. The molecule has 0 aliphatic carbocycles. The third-order valence-electron chi connectivity index (χ3n) is 2.21. The Balaban J connectivity index is 2.48. The van der Waals surface area contributed by atoms with Gasteiger partial charge in [-0.15, -0.1) is 0 Å². The fraction of sp³-hybridized carbons (Fsp3) is 0.385. The molecule has 18 heavy (non-hydrogen) atoms. The van der Waals surface area contributed by atoms with Gasteiger partial charge < -0.3 is 10.1 Å². The Morgan fingerprint density at radius 2 is 2.28 bits per heavy atom. The number of nitrogens with one attached hydrogen (secondary N) is 1. The van der Waals surface area contributed by atoms with Gasteiger partial charge in [0.05, 0.1) is 9.50 Å². The van der Waals surface area contributed by atoms with Crippen molar-refractivity contribution in [3.05, 3.63) is 39.6 Å². The molecule has 0 amide bonds. The molecule has 0 heterocycles. The van der Waals surface area contributed by atoms with Crippen LogP contribution in [0.4, 0.5) is 4.39 Å². The highest BCUT2D eigenvalue weighted by molar-refractivity contribution is 9.10. The van der Waals surface area contributed by atoms with Crippen LogP contribution in [-0.2, 0) is 0 Å².